The summed E-state index contributed by atoms with van der Waals surface area (Å²) in [5.41, 5.74) is 13.6. The third kappa shape index (κ3) is 2.30. The Balaban J connectivity index is 1.86. The summed E-state index contributed by atoms with van der Waals surface area (Å²) in [4.78, 5) is 2.43. The van der Waals surface area contributed by atoms with E-state index in [1.807, 2.05) is 6.07 Å². The molecule has 0 saturated carbocycles. The molecule has 0 aliphatic carbocycles. The lowest BCUT2D eigenvalue weighted by molar-refractivity contribution is 0.835. The lowest BCUT2D eigenvalue weighted by atomic mass is 10.1. The second-order valence-electron chi connectivity index (χ2n) is 5.48. The summed E-state index contributed by atoms with van der Waals surface area (Å²) in [6, 6.07) is 13.0. The van der Waals surface area contributed by atoms with Crippen LogP contribution in [0, 0.1) is 13.8 Å². The molecule has 2 aromatic carbocycles. The smallest absolute Gasteiger partial charge is 0.0429 e. The van der Waals surface area contributed by atoms with Crippen LogP contribution in [0.5, 0.6) is 0 Å². The molecule has 2 N–H and O–H groups in total. The Morgan fingerprint density at radius 2 is 1.89 bits per heavy atom. The van der Waals surface area contributed by atoms with E-state index in [1.54, 1.807) is 0 Å². The van der Waals surface area contributed by atoms with Crippen LogP contribution in [0.25, 0.3) is 0 Å². The molecular formula is C17H20N2. The zero-order valence-electron chi connectivity index (χ0n) is 11.6. The van der Waals surface area contributed by atoms with Gasteiger partial charge in [0.05, 0.1) is 0 Å². The number of hydrogen-bond acceptors (Lipinski definition) is 2. The van der Waals surface area contributed by atoms with Gasteiger partial charge in [-0.1, -0.05) is 24.3 Å². The number of nitrogen functional groups attached to an aromatic ring is 1. The summed E-state index contributed by atoms with van der Waals surface area (Å²) < 4.78 is 0. The van der Waals surface area contributed by atoms with Crippen molar-refractivity contribution in [2.45, 2.75) is 26.8 Å². The van der Waals surface area contributed by atoms with Gasteiger partial charge in [-0.05, 0) is 54.7 Å². The highest BCUT2D eigenvalue weighted by Crippen LogP contribution is 2.31. The van der Waals surface area contributed by atoms with Crippen molar-refractivity contribution < 1.29 is 0 Å². The maximum absolute atomic E-state index is 5.90. The summed E-state index contributed by atoms with van der Waals surface area (Å²) >= 11 is 0. The molecule has 0 unspecified atom stereocenters. The molecular weight excluding hydrogens is 232 g/mol. The van der Waals surface area contributed by atoms with Gasteiger partial charge in [-0.15, -0.1) is 0 Å². The van der Waals surface area contributed by atoms with Gasteiger partial charge in [-0.25, -0.2) is 0 Å². The average Bonchev–Trinajstić information content (AvgIpc) is 2.77. The van der Waals surface area contributed by atoms with Gasteiger partial charge in [-0.3, -0.25) is 0 Å². The molecule has 1 aliphatic rings. The highest BCUT2D eigenvalue weighted by molar-refractivity contribution is 5.64. The lowest BCUT2D eigenvalue weighted by Gasteiger charge is -2.20. The maximum atomic E-state index is 5.90. The largest absolute Gasteiger partial charge is 0.399 e. The first-order valence-corrected chi connectivity index (χ1v) is 6.83. The number of rotatable bonds is 2. The molecule has 2 aromatic rings. The van der Waals surface area contributed by atoms with E-state index in [1.165, 1.54) is 27.9 Å². The van der Waals surface area contributed by atoms with Gasteiger partial charge < -0.3 is 10.6 Å². The summed E-state index contributed by atoms with van der Waals surface area (Å²) in [5, 5.41) is 0. The van der Waals surface area contributed by atoms with Gasteiger partial charge in [0.2, 0.25) is 0 Å². The number of nitrogens with zero attached hydrogens (tertiary/aromatic N) is 1. The highest BCUT2D eigenvalue weighted by Gasteiger charge is 2.19. The van der Waals surface area contributed by atoms with Crippen LogP contribution in [0.2, 0.25) is 0 Å². The second-order valence-corrected chi connectivity index (χ2v) is 5.48. The molecule has 2 nitrogen and oxygen atoms in total. The molecule has 0 aromatic heterocycles. The molecule has 1 heterocycles. The Labute approximate surface area is 114 Å². The fourth-order valence-electron chi connectivity index (χ4n) is 2.75. The van der Waals surface area contributed by atoms with Crippen molar-refractivity contribution in [2.75, 3.05) is 17.2 Å². The van der Waals surface area contributed by atoms with E-state index < -0.39 is 0 Å². The minimum Gasteiger partial charge on any atom is -0.399 e. The van der Waals surface area contributed by atoms with Gasteiger partial charge in [0.1, 0.15) is 0 Å². The number of anilines is 2. The topological polar surface area (TPSA) is 29.3 Å². The molecule has 0 spiro atoms. The van der Waals surface area contributed by atoms with E-state index in [-0.39, 0.29) is 0 Å². The fraction of sp³-hybridized carbons (Fsp3) is 0.294. The molecule has 1 aliphatic heterocycles. The summed E-state index contributed by atoms with van der Waals surface area (Å²) in [6.07, 6.45) is 1.13. The molecule has 3 rings (SSSR count). The van der Waals surface area contributed by atoms with Gasteiger partial charge in [0.15, 0.2) is 0 Å². The number of nitrogens with two attached hydrogens (primary N) is 1. The average molecular weight is 252 g/mol. The van der Waals surface area contributed by atoms with Gasteiger partial charge in [0, 0.05) is 24.5 Å². The highest BCUT2D eigenvalue weighted by atomic mass is 15.1. The minimum absolute atomic E-state index is 0.853. The van der Waals surface area contributed by atoms with Gasteiger partial charge in [-0.2, -0.15) is 0 Å². The zero-order valence-corrected chi connectivity index (χ0v) is 11.6. The van der Waals surface area contributed by atoms with Gasteiger partial charge in [0.25, 0.3) is 0 Å². The van der Waals surface area contributed by atoms with E-state index in [4.69, 9.17) is 5.73 Å². The maximum Gasteiger partial charge on any atom is 0.0429 e. The summed E-state index contributed by atoms with van der Waals surface area (Å²) in [6.45, 7) is 6.39. The van der Waals surface area contributed by atoms with Crippen molar-refractivity contribution in [3.63, 3.8) is 0 Å². The van der Waals surface area contributed by atoms with Crippen LogP contribution >= 0.6 is 0 Å². The molecule has 0 radical (unpaired) electrons. The quantitative estimate of drug-likeness (QED) is 0.829. The Morgan fingerprint density at radius 3 is 2.68 bits per heavy atom. The molecule has 98 valence electrons. The molecule has 19 heavy (non-hydrogen) atoms. The van der Waals surface area contributed by atoms with Crippen molar-refractivity contribution in [1.82, 2.24) is 0 Å². The number of hydrogen-bond donors (Lipinski definition) is 1. The van der Waals surface area contributed by atoms with E-state index in [0.717, 1.165) is 25.2 Å². The van der Waals surface area contributed by atoms with Crippen LogP contribution in [-0.4, -0.2) is 6.54 Å². The first kappa shape index (κ1) is 12.1. The van der Waals surface area contributed by atoms with Crippen LogP contribution in [0.4, 0.5) is 11.4 Å². The Morgan fingerprint density at radius 1 is 1.05 bits per heavy atom. The summed E-state index contributed by atoms with van der Waals surface area (Å²) in [7, 11) is 0. The third-order valence-corrected chi connectivity index (χ3v) is 4.05. The van der Waals surface area contributed by atoms with Crippen molar-refractivity contribution in [1.29, 1.82) is 0 Å². The number of aryl methyl sites for hydroxylation is 2. The number of benzene rings is 2. The molecule has 0 saturated heterocycles. The Kier molecular flexibility index (Phi) is 2.94. The molecule has 0 bridgehead atoms. The van der Waals surface area contributed by atoms with Crippen molar-refractivity contribution in [3.8, 4) is 0 Å². The lowest BCUT2D eigenvalue weighted by Crippen LogP contribution is -2.19. The van der Waals surface area contributed by atoms with Crippen LogP contribution in [0.1, 0.15) is 22.3 Å². The minimum atomic E-state index is 0.853. The zero-order chi connectivity index (χ0) is 13.4. The van der Waals surface area contributed by atoms with Gasteiger partial charge >= 0.3 is 0 Å². The Bertz CT molecular complexity index is 617. The van der Waals surface area contributed by atoms with E-state index in [9.17, 15) is 0 Å². The van der Waals surface area contributed by atoms with Crippen LogP contribution in [0.15, 0.2) is 36.4 Å². The molecule has 2 heteroatoms. The molecule has 0 amide bonds. The van der Waals surface area contributed by atoms with Crippen LogP contribution < -0.4 is 10.6 Å². The van der Waals surface area contributed by atoms with Crippen LogP contribution in [0.3, 0.4) is 0 Å². The predicted octanol–water partition coefficient (Wildman–Crippen LogP) is 3.45. The van der Waals surface area contributed by atoms with Crippen molar-refractivity contribution >= 4 is 11.4 Å². The standard InChI is InChI=1S/C17H20N2/c1-12-3-4-14(9-13(12)2)11-19-8-7-15-5-6-16(18)10-17(15)19/h3-6,9-10H,7-8,11,18H2,1-2H3. The van der Waals surface area contributed by atoms with Crippen molar-refractivity contribution in [3.05, 3.63) is 58.7 Å². The van der Waals surface area contributed by atoms with Crippen molar-refractivity contribution in [2.24, 2.45) is 0 Å². The third-order valence-electron chi connectivity index (χ3n) is 4.05. The Hall–Kier alpha value is -1.96. The van der Waals surface area contributed by atoms with E-state index in [0.29, 0.717) is 0 Å². The second kappa shape index (κ2) is 4.61. The van der Waals surface area contributed by atoms with Crippen LogP contribution in [-0.2, 0) is 13.0 Å². The first-order chi connectivity index (χ1) is 9.13. The molecule has 0 atom stereocenters. The fourth-order valence-corrected chi connectivity index (χ4v) is 2.75. The predicted molar refractivity (Wildman–Crippen MR) is 81.5 cm³/mol. The molecule has 0 fully saturated rings. The van der Waals surface area contributed by atoms with E-state index in [2.05, 4.69) is 49.1 Å². The SMILES string of the molecule is Cc1ccc(CN2CCc3ccc(N)cc32)cc1C. The normalized spacial score (nSPS) is 13.7. The monoisotopic (exact) mass is 252 g/mol. The first-order valence-electron chi connectivity index (χ1n) is 6.83. The number of fused-ring (bicyclic) bond motifs is 1. The summed E-state index contributed by atoms with van der Waals surface area (Å²) in [5.74, 6) is 0. The van der Waals surface area contributed by atoms with E-state index >= 15 is 0 Å².